The summed E-state index contributed by atoms with van der Waals surface area (Å²) in [5.41, 5.74) is 8.97. The van der Waals surface area contributed by atoms with Crippen molar-refractivity contribution in [3.05, 3.63) is 46.3 Å². The highest BCUT2D eigenvalue weighted by molar-refractivity contribution is 5.67. The first-order valence-electron chi connectivity index (χ1n) is 4.64. The van der Waals surface area contributed by atoms with Crippen molar-refractivity contribution in [3.8, 4) is 0 Å². The number of carboxylic acid groups (broad SMARTS) is 1. The minimum absolute atomic E-state index is 0.460. The van der Waals surface area contributed by atoms with Crippen molar-refractivity contribution in [1.29, 1.82) is 0 Å². The first kappa shape index (κ1) is 12.0. The molecule has 1 aromatic carbocycles. The largest absolute Gasteiger partial charge is 0.481 e. The molecule has 0 spiro atoms. The van der Waals surface area contributed by atoms with Crippen LogP contribution in [0.25, 0.3) is 10.4 Å². The normalized spacial score (nSPS) is 13.6. The molecule has 0 amide bonds. The summed E-state index contributed by atoms with van der Waals surface area (Å²) >= 11 is 0. The van der Waals surface area contributed by atoms with E-state index in [-0.39, 0.29) is 0 Å². The third-order valence-corrected chi connectivity index (χ3v) is 2.07. The van der Waals surface area contributed by atoms with Crippen LogP contribution in [0.15, 0.2) is 35.4 Å². The molecular weight excluding hydrogens is 210 g/mol. The number of azide groups is 1. The van der Waals surface area contributed by atoms with Crippen LogP contribution >= 0.6 is 0 Å². The molecular formula is C10H11N3O3. The van der Waals surface area contributed by atoms with E-state index in [2.05, 4.69) is 10.0 Å². The molecule has 1 aromatic rings. The van der Waals surface area contributed by atoms with Crippen LogP contribution in [0.4, 0.5) is 0 Å². The lowest BCUT2D eigenvalue weighted by Gasteiger charge is -2.16. The van der Waals surface area contributed by atoms with E-state index in [0.717, 1.165) is 0 Å². The van der Waals surface area contributed by atoms with Gasteiger partial charge in [0.05, 0.1) is 18.6 Å². The Labute approximate surface area is 91.8 Å². The number of benzene rings is 1. The molecule has 0 aliphatic heterocycles. The molecule has 0 saturated carbocycles. The average molecular weight is 221 g/mol. The highest BCUT2D eigenvalue weighted by Gasteiger charge is 2.22. The van der Waals surface area contributed by atoms with E-state index in [9.17, 15) is 9.90 Å². The van der Waals surface area contributed by atoms with Gasteiger partial charge in [-0.1, -0.05) is 35.4 Å². The van der Waals surface area contributed by atoms with Gasteiger partial charge < -0.3 is 10.2 Å². The summed E-state index contributed by atoms with van der Waals surface area (Å²) in [6.07, 6.45) is -1.69. The Morgan fingerprint density at radius 1 is 1.44 bits per heavy atom. The van der Waals surface area contributed by atoms with Crippen LogP contribution in [0.5, 0.6) is 0 Å². The van der Waals surface area contributed by atoms with Gasteiger partial charge in [-0.05, 0) is 11.1 Å². The number of hydrogen-bond donors (Lipinski definition) is 2. The van der Waals surface area contributed by atoms with Crippen LogP contribution in [-0.4, -0.2) is 22.3 Å². The summed E-state index contributed by atoms with van der Waals surface area (Å²) in [6, 6.07) is 7.70. The van der Waals surface area contributed by atoms with Crippen molar-refractivity contribution < 1.29 is 15.0 Å². The standard InChI is InChI=1S/C10H11N3O3/c11-13-12-10(8(14)6-9(15)16)7-4-2-1-3-5-7/h1-5,8,10,14H,6H2,(H,15,16)/t8-,10-/m1/s1. The minimum Gasteiger partial charge on any atom is -0.481 e. The predicted molar refractivity (Wildman–Crippen MR) is 56.6 cm³/mol. The molecule has 16 heavy (non-hydrogen) atoms. The van der Waals surface area contributed by atoms with Gasteiger partial charge in [0.25, 0.3) is 0 Å². The van der Waals surface area contributed by atoms with Crippen LogP contribution in [0.2, 0.25) is 0 Å². The highest BCUT2D eigenvalue weighted by Crippen LogP contribution is 2.23. The molecule has 0 aliphatic carbocycles. The molecule has 2 atom stereocenters. The maximum Gasteiger partial charge on any atom is 0.305 e. The van der Waals surface area contributed by atoms with E-state index >= 15 is 0 Å². The summed E-state index contributed by atoms with van der Waals surface area (Å²) in [4.78, 5) is 13.1. The van der Waals surface area contributed by atoms with Crippen molar-refractivity contribution in [3.63, 3.8) is 0 Å². The van der Waals surface area contributed by atoms with Crippen molar-refractivity contribution in [2.24, 2.45) is 5.11 Å². The maximum absolute atomic E-state index is 10.5. The number of aliphatic carboxylic acids is 1. The SMILES string of the molecule is [N-]=[N+]=N[C@H](c1ccccc1)[C@H](O)CC(=O)O. The molecule has 0 unspecified atom stereocenters. The Balaban J connectivity index is 2.91. The van der Waals surface area contributed by atoms with Gasteiger partial charge in [0.1, 0.15) is 0 Å². The van der Waals surface area contributed by atoms with E-state index < -0.39 is 24.5 Å². The summed E-state index contributed by atoms with van der Waals surface area (Å²) in [6.45, 7) is 0. The molecule has 0 fully saturated rings. The monoisotopic (exact) mass is 221 g/mol. The summed E-state index contributed by atoms with van der Waals surface area (Å²) in [7, 11) is 0. The number of aliphatic hydroxyl groups is 1. The van der Waals surface area contributed by atoms with E-state index in [0.29, 0.717) is 5.56 Å². The lowest BCUT2D eigenvalue weighted by molar-refractivity contribution is -0.139. The quantitative estimate of drug-likeness (QED) is 0.450. The van der Waals surface area contributed by atoms with Gasteiger partial charge in [-0.15, -0.1) is 0 Å². The Hall–Kier alpha value is -2.04. The van der Waals surface area contributed by atoms with Crippen molar-refractivity contribution in [1.82, 2.24) is 0 Å². The fourth-order valence-corrected chi connectivity index (χ4v) is 1.36. The zero-order valence-electron chi connectivity index (χ0n) is 8.39. The third kappa shape index (κ3) is 3.27. The van der Waals surface area contributed by atoms with Gasteiger partial charge >= 0.3 is 5.97 Å². The molecule has 0 radical (unpaired) electrons. The average Bonchev–Trinajstić information content (AvgIpc) is 2.26. The minimum atomic E-state index is -1.23. The first-order valence-corrected chi connectivity index (χ1v) is 4.64. The van der Waals surface area contributed by atoms with Crippen molar-refractivity contribution in [2.75, 3.05) is 0 Å². The lowest BCUT2D eigenvalue weighted by Crippen LogP contribution is -2.20. The Kier molecular flexibility index (Phi) is 4.32. The maximum atomic E-state index is 10.5. The van der Waals surface area contributed by atoms with Crippen LogP contribution < -0.4 is 0 Å². The second kappa shape index (κ2) is 5.75. The van der Waals surface area contributed by atoms with E-state index in [1.54, 1.807) is 30.3 Å². The van der Waals surface area contributed by atoms with Crippen molar-refractivity contribution in [2.45, 2.75) is 18.6 Å². The highest BCUT2D eigenvalue weighted by atomic mass is 16.4. The molecule has 84 valence electrons. The molecule has 2 N–H and O–H groups in total. The zero-order valence-corrected chi connectivity index (χ0v) is 8.39. The Morgan fingerprint density at radius 2 is 2.06 bits per heavy atom. The smallest absolute Gasteiger partial charge is 0.305 e. The van der Waals surface area contributed by atoms with E-state index in [1.165, 1.54) is 0 Å². The second-order valence-electron chi connectivity index (χ2n) is 3.23. The Morgan fingerprint density at radius 3 is 2.56 bits per heavy atom. The van der Waals surface area contributed by atoms with Gasteiger partial charge in [0.2, 0.25) is 0 Å². The summed E-state index contributed by atoms with van der Waals surface area (Å²) in [5, 5.41) is 21.6. The number of hydrogen-bond acceptors (Lipinski definition) is 3. The van der Waals surface area contributed by atoms with Gasteiger partial charge in [-0.2, -0.15) is 0 Å². The third-order valence-electron chi connectivity index (χ3n) is 2.07. The molecule has 6 heteroatoms. The second-order valence-corrected chi connectivity index (χ2v) is 3.23. The van der Waals surface area contributed by atoms with Gasteiger partial charge in [-0.3, -0.25) is 4.79 Å². The van der Waals surface area contributed by atoms with E-state index in [1.807, 2.05) is 0 Å². The number of aliphatic hydroxyl groups excluding tert-OH is 1. The van der Waals surface area contributed by atoms with Gasteiger partial charge in [0, 0.05) is 4.91 Å². The van der Waals surface area contributed by atoms with Crippen LogP contribution in [0.1, 0.15) is 18.0 Å². The molecule has 0 saturated heterocycles. The molecule has 0 heterocycles. The lowest BCUT2D eigenvalue weighted by atomic mass is 10.0. The molecule has 0 aliphatic rings. The number of carboxylic acids is 1. The number of rotatable bonds is 5. The molecule has 0 aromatic heterocycles. The Bertz CT molecular complexity index is 401. The fourth-order valence-electron chi connectivity index (χ4n) is 1.36. The molecule has 0 bridgehead atoms. The number of carbonyl (C=O) groups is 1. The van der Waals surface area contributed by atoms with E-state index in [4.69, 9.17) is 10.6 Å². The number of nitrogens with zero attached hydrogens (tertiary/aromatic N) is 3. The zero-order chi connectivity index (χ0) is 12.0. The molecule has 6 nitrogen and oxygen atoms in total. The van der Waals surface area contributed by atoms with Gasteiger partial charge in [-0.25, -0.2) is 0 Å². The van der Waals surface area contributed by atoms with Crippen LogP contribution in [0.3, 0.4) is 0 Å². The van der Waals surface area contributed by atoms with Crippen molar-refractivity contribution >= 4 is 5.97 Å². The van der Waals surface area contributed by atoms with Crippen LogP contribution in [0, 0.1) is 0 Å². The summed E-state index contributed by atoms with van der Waals surface area (Å²) in [5.74, 6) is -1.14. The topological polar surface area (TPSA) is 106 Å². The van der Waals surface area contributed by atoms with Gasteiger partial charge in [0.15, 0.2) is 0 Å². The fraction of sp³-hybridized carbons (Fsp3) is 0.300. The predicted octanol–water partition coefficient (Wildman–Crippen LogP) is 1.87. The summed E-state index contributed by atoms with van der Waals surface area (Å²) < 4.78 is 0. The van der Waals surface area contributed by atoms with Crippen LogP contribution in [-0.2, 0) is 4.79 Å². The molecule has 1 rings (SSSR count). The first-order chi connectivity index (χ1) is 7.65.